The van der Waals surface area contributed by atoms with Gasteiger partial charge in [0, 0.05) is 31.2 Å². The van der Waals surface area contributed by atoms with Crippen molar-refractivity contribution in [2.75, 3.05) is 7.05 Å². The van der Waals surface area contributed by atoms with Crippen molar-refractivity contribution in [3.63, 3.8) is 0 Å². The first-order chi connectivity index (χ1) is 11.1. The van der Waals surface area contributed by atoms with Crippen LogP contribution in [0.15, 0.2) is 18.3 Å². The molecule has 0 bridgehead atoms. The van der Waals surface area contributed by atoms with Crippen LogP contribution in [0.3, 0.4) is 0 Å². The zero-order chi connectivity index (χ0) is 16.4. The molecule has 1 aliphatic carbocycles. The third-order valence-electron chi connectivity index (χ3n) is 4.66. The zero-order valence-corrected chi connectivity index (χ0v) is 14.2. The van der Waals surface area contributed by atoms with E-state index in [0.717, 1.165) is 49.8 Å². The number of pyridine rings is 1. The fourth-order valence-corrected chi connectivity index (χ4v) is 3.22. The molecule has 0 aromatic carbocycles. The van der Waals surface area contributed by atoms with Gasteiger partial charge in [0.2, 0.25) is 0 Å². The summed E-state index contributed by atoms with van der Waals surface area (Å²) in [6, 6.07) is 4.41. The molecule has 0 saturated heterocycles. The van der Waals surface area contributed by atoms with Crippen molar-refractivity contribution < 1.29 is 0 Å². The molecular weight excluding hydrogens is 288 g/mol. The maximum Gasteiger partial charge on any atom is 0.147 e. The molecule has 1 fully saturated rings. The van der Waals surface area contributed by atoms with Gasteiger partial charge in [-0.25, -0.2) is 0 Å². The van der Waals surface area contributed by atoms with E-state index in [1.54, 1.807) is 0 Å². The van der Waals surface area contributed by atoms with Gasteiger partial charge in [0.15, 0.2) is 0 Å². The van der Waals surface area contributed by atoms with Crippen molar-refractivity contribution in [2.24, 2.45) is 5.73 Å². The quantitative estimate of drug-likeness (QED) is 0.881. The van der Waals surface area contributed by atoms with E-state index in [0.29, 0.717) is 12.0 Å². The van der Waals surface area contributed by atoms with Crippen LogP contribution >= 0.6 is 0 Å². The normalized spacial score (nSPS) is 20.7. The highest BCUT2D eigenvalue weighted by molar-refractivity contribution is 5.17. The summed E-state index contributed by atoms with van der Waals surface area (Å²) in [4.78, 5) is 6.71. The first-order valence-corrected chi connectivity index (χ1v) is 8.35. The topological polar surface area (TPSA) is 72.9 Å². The van der Waals surface area contributed by atoms with Crippen LogP contribution in [-0.2, 0) is 19.6 Å². The van der Waals surface area contributed by atoms with Crippen LogP contribution in [0.5, 0.6) is 0 Å². The predicted molar refractivity (Wildman–Crippen MR) is 89.8 cm³/mol. The highest BCUT2D eigenvalue weighted by Gasteiger charge is 2.32. The summed E-state index contributed by atoms with van der Waals surface area (Å²) in [5.74, 6) is 2.61. The van der Waals surface area contributed by atoms with Crippen molar-refractivity contribution in [3.05, 3.63) is 41.2 Å². The van der Waals surface area contributed by atoms with Gasteiger partial charge in [-0.1, -0.05) is 6.07 Å². The number of nitrogens with two attached hydrogens (primary N) is 1. The third-order valence-corrected chi connectivity index (χ3v) is 4.66. The van der Waals surface area contributed by atoms with Gasteiger partial charge in [0.1, 0.15) is 11.6 Å². The molecule has 6 heteroatoms. The van der Waals surface area contributed by atoms with Gasteiger partial charge in [-0.15, -0.1) is 10.2 Å². The van der Waals surface area contributed by atoms with Crippen LogP contribution < -0.4 is 5.73 Å². The van der Waals surface area contributed by atoms with E-state index in [1.807, 2.05) is 12.3 Å². The summed E-state index contributed by atoms with van der Waals surface area (Å²) in [6.45, 7) is 6.74. The van der Waals surface area contributed by atoms with Crippen LogP contribution in [0.1, 0.15) is 48.6 Å². The third kappa shape index (κ3) is 3.43. The Morgan fingerprint density at radius 1 is 1.30 bits per heavy atom. The summed E-state index contributed by atoms with van der Waals surface area (Å²) in [7, 11) is 2.10. The van der Waals surface area contributed by atoms with E-state index in [-0.39, 0.29) is 0 Å². The number of rotatable bonds is 6. The predicted octanol–water partition coefficient (Wildman–Crippen LogP) is 1.84. The van der Waals surface area contributed by atoms with E-state index in [4.69, 9.17) is 5.73 Å². The average Bonchev–Trinajstić information content (AvgIpc) is 2.88. The van der Waals surface area contributed by atoms with Crippen molar-refractivity contribution >= 4 is 0 Å². The fourth-order valence-electron chi connectivity index (χ4n) is 3.22. The molecule has 2 N–H and O–H groups in total. The summed E-state index contributed by atoms with van der Waals surface area (Å²) in [5.41, 5.74) is 8.25. The molecule has 6 nitrogen and oxygen atoms in total. The molecule has 0 amide bonds. The van der Waals surface area contributed by atoms with Gasteiger partial charge in [-0.05, 0) is 45.4 Å². The van der Waals surface area contributed by atoms with E-state index >= 15 is 0 Å². The van der Waals surface area contributed by atoms with E-state index < -0.39 is 0 Å². The van der Waals surface area contributed by atoms with Crippen LogP contribution in [0.25, 0.3) is 0 Å². The Bertz CT molecular complexity index is 659. The molecule has 0 spiro atoms. The summed E-state index contributed by atoms with van der Waals surface area (Å²) >= 11 is 0. The van der Waals surface area contributed by atoms with Crippen molar-refractivity contribution in [2.45, 2.75) is 58.3 Å². The number of nitrogens with zero attached hydrogens (tertiary/aromatic N) is 5. The van der Waals surface area contributed by atoms with Gasteiger partial charge in [-0.3, -0.25) is 9.88 Å². The lowest BCUT2D eigenvalue weighted by Gasteiger charge is -2.31. The minimum absolute atomic E-state index is 0.334. The van der Waals surface area contributed by atoms with Gasteiger partial charge in [0.25, 0.3) is 0 Å². The number of aromatic nitrogens is 4. The van der Waals surface area contributed by atoms with Gasteiger partial charge >= 0.3 is 0 Å². The maximum absolute atomic E-state index is 5.91. The monoisotopic (exact) mass is 314 g/mol. The molecule has 0 radical (unpaired) electrons. The second-order valence-corrected chi connectivity index (χ2v) is 6.59. The molecule has 124 valence electrons. The molecule has 2 aromatic heterocycles. The lowest BCUT2D eigenvalue weighted by atomic mass is 9.80. The van der Waals surface area contributed by atoms with Crippen LogP contribution in [0.2, 0.25) is 0 Å². The molecular formula is C17H26N6. The number of hydrogen-bond acceptors (Lipinski definition) is 5. The SMILES string of the molecule is CCn1c(CN(C)Cc2ncccc2C)nnc1C1CC(N)C1. The summed E-state index contributed by atoms with van der Waals surface area (Å²) in [5, 5.41) is 8.87. The molecule has 1 saturated carbocycles. The second kappa shape index (κ2) is 6.76. The van der Waals surface area contributed by atoms with Crippen molar-refractivity contribution in [1.29, 1.82) is 0 Å². The molecule has 2 aromatic rings. The number of aryl methyl sites for hydroxylation is 1. The minimum Gasteiger partial charge on any atom is -0.328 e. The smallest absolute Gasteiger partial charge is 0.147 e. The molecule has 0 aliphatic heterocycles. The first kappa shape index (κ1) is 16.1. The Kier molecular flexibility index (Phi) is 4.73. The Hall–Kier alpha value is -1.79. The molecule has 0 unspecified atom stereocenters. The highest BCUT2D eigenvalue weighted by atomic mass is 15.3. The van der Waals surface area contributed by atoms with Gasteiger partial charge in [0.05, 0.1) is 12.2 Å². The minimum atomic E-state index is 0.334. The number of hydrogen-bond donors (Lipinski definition) is 1. The second-order valence-electron chi connectivity index (χ2n) is 6.59. The Morgan fingerprint density at radius 3 is 2.74 bits per heavy atom. The Labute approximate surface area is 137 Å². The molecule has 0 atom stereocenters. The van der Waals surface area contributed by atoms with Gasteiger partial charge < -0.3 is 10.3 Å². The molecule has 2 heterocycles. The molecule has 1 aliphatic rings. The standard InChI is InChI=1S/C17H26N6/c1-4-23-16(20-21-17(23)13-8-14(18)9-13)11-22(3)10-15-12(2)6-5-7-19-15/h5-7,13-14H,4,8-11,18H2,1-3H3. The van der Waals surface area contributed by atoms with Crippen LogP contribution in [0.4, 0.5) is 0 Å². The van der Waals surface area contributed by atoms with E-state index in [1.165, 1.54) is 5.56 Å². The summed E-state index contributed by atoms with van der Waals surface area (Å²) < 4.78 is 2.25. The lowest BCUT2D eigenvalue weighted by molar-refractivity contribution is 0.296. The lowest BCUT2D eigenvalue weighted by Crippen LogP contribution is -2.36. The zero-order valence-electron chi connectivity index (χ0n) is 14.2. The Morgan fingerprint density at radius 2 is 2.09 bits per heavy atom. The van der Waals surface area contributed by atoms with Gasteiger partial charge in [-0.2, -0.15) is 0 Å². The average molecular weight is 314 g/mol. The molecule has 3 rings (SSSR count). The first-order valence-electron chi connectivity index (χ1n) is 8.35. The van der Waals surface area contributed by atoms with Crippen molar-refractivity contribution in [3.8, 4) is 0 Å². The summed E-state index contributed by atoms with van der Waals surface area (Å²) in [6.07, 6.45) is 3.91. The van der Waals surface area contributed by atoms with E-state index in [2.05, 4.69) is 51.6 Å². The molecule has 23 heavy (non-hydrogen) atoms. The van der Waals surface area contributed by atoms with Crippen LogP contribution in [-0.4, -0.2) is 37.7 Å². The maximum atomic E-state index is 5.91. The van der Waals surface area contributed by atoms with Crippen LogP contribution in [0, 0.1) is 6.92 Å². The highest BCUT2D eigenvalue weighted by Crippen LogP contribution is 2.34. The van der Waals surface area contributed by atoms with Crippen molar-refractivity contribution in [1.82, 2.24) is 24.6 Å². The largest absolute Gasteiger partial charge is 0.328 e. The Balaban J connectivity index is 1.69. The van der Waals surface area contributed by atoms with E-state index in [9.17, 15) is 0 Å². The fraction of sp³-hybridized carbons (Fsp3) is 0.588.